The van der Waals surface area contributed by atoms with Gasteiger partial charge in [-0.05, 0) is 38.0 Å². The van der Waals surface area contributed by atoms with Gasteiger partial charge in [0.1, 0.15) is 24.2 Å². The maximum atomic E-state index is 13.2. The Morgan fingerprint density at radius 3 is 1.59 bits per heavy atom. The smallest absolute Gasteiger partial charge is 0.245 e. The predicted octanol–water partition coefficient (Wildman–Crippen LogP) is 3.74. The van der Waals surface area contributed by atoms with Crippen LogP contribution in [0, 0.1) is 11.8 Å². The Labute approximate surface area is 324 Å². The highest BCUT2D eigenvalue weighted by Gasteiger charge is 2.37. The van der Waals surface area contributed by atoms with Crippen molar-refractivity contribution in [2.45, 2.75) is 181 Å². The molecule has 14 heteroatoms. The van der Waals surface area contributed by atoms with Crippen molar-refractivity contribution in [2.75, 3.05) is 19.6 Å². The minimum Gasteiger partial charge on any atom is -0.368 e. The number of likely N-dealkylation sites (tertiary alicyclic amines) is 1. The molecule has 54 heavy (non-hydrogen) atoms. The zero-order chi connectivity index (χ0) is 40.5. The number of carbonyl (C=O) groups excluding carboxylic acids is 7. The van der Waals surface area contributed by atoms with E-state index in [9.17, 15) is 33.6 Å². The van der Waals surface area contributed by atoms with Crippen LogP contribution >= 0.6 is 0 Å². The lowest BCUT2D eigenvalue weighted by atomic mass is 10.0. The molecule has 0 unspecified atom stereocenters. The van der Waals surface area contributed by atoms with Crippen molar-refractivity contribution in [1.82, 2.24) is 31.5 Å². The molecule has 1 aliphatic heterocycles. The summed E-state index contributed by atoms with van der Waals surface area (Å²) in [5, 5.41) is 13.1. The van der Waals surface area contributed by atoms with Crippen LogP contribution in [0.25, 0.3) is 0 Å². The fourth-order valence-corrected chi connectivity index (χ4v) is 6.68. The van der Waals surface area contributed by atoms with E-state index in [1.165, 1.54) is 88.9 Å². The van der Waals surface area contributed by atoms with E-state index < -0.39 is 66.2 Å². The third-order valence-electron chi connectivity index (χ3n) is 9.97. The van der Waals surface area contributed by atoms with Crippen LogP contribution in [0.15, 0.2) is 0 Å². The third kappa shape index (κ3) is 20.1. The zero-order valence-electron chi connectivity index (χ0n) is 34.2. The molecule has 1 fully saturated rings. The number of nitrogens with two attached hydrogens (primary N) is 1. The molecule has 0 spiro atoms. The van der Waals surface area contributed by atoms with Crippen molar-refractivity contribution >= 4 is 41.4 Å². The minimum absolute atomic E-state index is 0.199. The van der Waals surface area contributed by atoms with Crippen molar-refractivity contribution in [2.24, 2.45) is 17.6 Å². The summed E-state index contributed by atoms with van der Waals surface area (Å²) < 4.78 is 0. The van der Waals surface area contributed by atoms with E-state index in [0.717, 1.165) is 19.3 Å². The highest BCUT2D eigenvalue weighted by atomic mass is 16.2. The molecule has 0 saturated carbocycles. The van der Waals surface area contributed by atoms with Crippen LogP contribution in [0.3, 0.4) is 0 Å². The van der Waals surface area contributed by atoms with Gasteiger partial charge in [0.15, 0.2) is 0 Å². The molecular formula is C40H73N7O7. The zero-order valence-corrected chi connectivity index (χ0v) is 34.2. The summed E-state index contributed by atoms with van der Waals surface area (Å²) in [7, 11) is 0. The number of amides is 7. The number of nitrogens with one attached hydrogen (secondary N) is 5. The monoisotopic (exact) mass is 764 g/mol. The largest absolute Gasteiger partial charge is 0.368 e. The first kappa shape index (κ1) is 48.3. The van der Waals surface area contributed by atoms with E-state index in [1.807, 2.05) is 13.8 Å². The lowest BCUT2D eigenvalue weighted by Gasteiger charge is -2.29. The molecule has 1 saturated heterocycles. The van der Waals surface area contributed by atoms with Crippen LogP contribution in [0.1, 0.15) is 157 Å². The van der Waals surface area contributed by atoms with E-state index >= 15 is 0 Å². The molecule has 0 aromatic rings. The molecule has 0 radical (unpaired) electrons. The quantitative estimate of drug-likeness (QED) is 0.0622. The second-order valence-electron chi connectivity index (χ2n) is 15.6. The van der Waals surface area contributed by atoms with Gasteiger partial charge < -0.3 is 37.2 Å². The molecule has 1 heterocycles. The summed E-state index contributed by atoms with van der Waals surface area (Å²) in [5.74, 6) is -4.11. The number of rotatable bonds is 29. The Morgan fingerprint density at radius 2 is 1.09 bits per heavy atom. The third-order valence-corrected chi connectivity index (χ3v) is 9.97. The topological polar surface area (TPSA) is 209 Å². The molecule has 310 valence electrons. The average molecular weight is 764 g/mol. The summed E-state index contributed by atoms with van der Waals surface area (Å²) >= 11 is 0. The number of hydrogen-bond acceptors (Lipinski definition) is 7. The molecule has 0 aromatic heterocycles. The average Bonchev–Trinajstić information content (AvgIpc) is 3.62. The lowest BCUT2D eigenvalue weighted by Crippen LogP contribution is -2.58. The molecule has 7 N–H and O–H groups in total. The molecular weight excluding hydrogens is 690 g/mol. The van der Waals surface area contributed by atoms with Crippen molar-refractivity contribution in [3.8, 4) is 0 Å². The predicted molar refractivity (Wildman–Crippen MR) is 211 cm³/mol. The molecule has 4 atom stereocenters. The lowest BCUT2D eigenvalue weighted by molar-refractivity contribution is -0.141. The van der Waals surface area contributed by atoms with Crippen LogP contribution in [0.2, 0.25) is 0 Å². The maximum absolute atomic E-state index is 13.2. The van der Waals surface area contributed by atoms with Crippen LogP contribution < -0.4 is 32.3 Å². The van der Waals surface area contributed by atoms with E-state index in [2.05, 4.69) is 33.5 Å². The van der Waals surface area contributed by atoms with E-state index in [0.29, 0.717) is 25.8 Å². The van der Waals surface area contributed by atoms with Gasteiger partial charge in [-0.2, -0.15) is 0 Å². The Bertz CT molecular complexity index is 1180. The number of carbonyl (C=O) groups is 7. The number of hydrogen-bond donors (Lipinski definition) is 6. The summed E-state index contributed by atoms with van der Waals surface area (Å²) in [5.41, 5.74) is 5.10. The van der Waals surface area contributed by atoms with E-state index in [4.69, 9.17) is 5.73 Å². The SMILES string of the molecule is CCCCCCCCCCCCCCCCCC(=O)N[C@H](C(=O)NCC(=O)N[C@H](C(=O)N[C@@H](C)C(=O)N1CCC[C@H]1C(=O)NCC(N)=O)C(C)C)C(C)C. The Hall–Kier alpha value is -3.71. The van der Waals surface area contributed by atoms with Gasteiger partial charge in [-0.15, -0.1) is 0 Å². The van der Waals surface area contributed by atoms with Gasteiger partial charge in [0.25, 0.3) is 0 Å². The van der Waals surface area contributed by atoms with Crippen molar-refractivity contribution < 1.29 is 33.6 Å². The first-order valence-electron chi connectivity index (χ1n) is 20.7. The number of unbranched alkanes of at least 4 members (excludes halogenated alkanes) is 14. The van der Waals surface area contributed by atoms with Crippen molar-refractivity contribution in [1.29, 1.82) is 0 Å². The first-order valence-corrected chi connectivity index (χ1v) is 20.7. The van der Waals surface area contributed by atoms with Gasteiger partial charge in [-0.25, -0.2) is 0 Å². The molecule has 1 aliphatic rings. The summed E-state index contributed by atoms with van der Waals surface area (Å²) in [6.45, 7) is 10.4. The fraction of sp³-hybridized carbons (Fsp3) is 0.825. The molecule has 0 aromatic carbocycles. The Kier molecular flexibility index (Phi) is 24.9. The number of nitrogens with zero attached hydrogens (tertiary/aromatic N) is 1. The van der Waals surface area contributed by atoms with Gasteiger partial charge in [0, 0.05) is 13.0 Å². The normalized spacial score (nSPS) is 15.7. The summed E-state index contributed by atoms with van der Waals surface area (Å²) in [4.78, 5) is 89.8. The van der Waals surface area contributed by atoms with Crippen LogP contribution in [0.5, 0.6) is 0 Å². The maximum Gasteiger partial charge on any atom is 0.245 e. The van der Waals surface area contributed by atoms with Crippen molar-refractivity contribution in [3.05, 3.63) is 0 Å². The van der Waals surface area contributed by atoms with Crippen LogP contribution in [-0.2, 0) is 33.6 Å². The first-order chi connectivity index (χ1) is 25.7. The summed E-state index contributed by atoms with van der Waals surface area (Å²) in [6, 6.07) is -3.60. The molecule has 14 nitrogen and oxygen atoms in total. The highest BCUT2D eigenvalue weighted by molar-refractivity contribution is 5.96. The van der Waals surface area contributed by atoms with Gasteiger partial charge in [0.2, 0.25) is 41.4 Å². The van der Waals surface area contributed by atoms with Gasteiger partial charge in [-0.3, -0.25) is 33.6 Å². The molecule has 0 bridgehead atoms. The fourth-order valence-electron chi connectivity index (χ4n) is 6.68. The van der Waals surface area contributed by atoms with E-state index in [-0.39, 0.29) is 24.3 Å². The van der Waals surface area contributed by atoms with Gasteiger partial charge in [-0.1, -0.05) is 125 Å². The van der Waals surface area contributed by atoms with Crippen LogP contribution in [-0.4, -0.2) is 90.1 Å². The van der Waals surface area contributed by atoms with Crippen molar-refractivity contribution in [3.63, 3.8) is 0 Å². The van der Waals surface area contributed by atoms with E-state index in [1.54, 1.807) is 13.8 Å². The van der Waals surface area contributed by atoms with Crippen LogP contribution in [0.4, 0.5) is 0 Å². The highest BCUT2D eigenvalue weighted by Crippen LogP contribution is 2.19. The Morgan fingerprint density at radius 1 is 0.611 bits per heavy atom. The summed E-state index contributed by atoms with van der Waals surface area (Å²) in [6.07, 6.45) is 19.9. The molecule has 1 rings (SSSR count). The molecule has 7 amide bonds. The second kappa shape index (κ2) is 27.8. The Balaban J connectivity index is 2.42. The second-order valence-corrected chi connectivity index (χ2v) is 15.6. The number of primary amides is 1. The molecule has 0 aliphatic carbocycles. The standard InChI is InChI=1S/C40H73N7O7/c1-7-8-9-10-11-12-13-14-15-16-17-18-19-20-21-24-33(49)45-35(28(2)3)38(52)43-27-34(50)46-36(29(4)5)39(53)44-30(6)40(54)47-25-22-23-31(47)37(51)42-26-32(41)48/h28-31,35-36H,7-27H2,1-6H3,(H2,41,48)(H,42,51)(H,43,52)(H,44,53)(H,45,49)(H,46,50)/t30-,31-,35-,36-/m0/s1. The minimum atomic E-state index is -1.01. The van der Waals surface area contributed by atoms with Gasteiger partial charge in [0.05, 0.1) is 13.1 Å². The van der Waals surface area contributed by atoms with Gasteiger partial charge >= 0.3 is 0 Å².